The molecule has 5 nitrogen and oxygen atoms in total. The normalized spacial score (nSPS) is 42.4. The molecule has 0 aromatic heterocycles. The molecular weight excluding hydrogens is 270 g/mol. The van der Waals surface area contributed by atoms with E-state index >= 15 is 0 Å². The van der Waals surface area contributed by atoms with Gasteiger partial charge in [0, 0.05) is 25.4 Å². The van der Waals surface area contributed by atoms with E-state index in [1.165, 1.54) is 0 Å². The monoisotopic (exact) mass is 291 g/mol. The molecule has 114 valence electrons. The number of amides is 1. The average molecular weight is 291 g/mol. The number of carbonyl (C=O) groups is 2. The van der Waals surface area contributed by atoms with Crippen molar-refractivity contribution < 1.29 is 19.1 Å². The molecule has 2 fully saturated rings. The zero-order chi connectivity index (χ0) is 14.7. The number of ether oxygens (including phenoxy) is 2. The standard InChI is InChI=1S/C16H21NO4/c1-8-7-11(18)14-9(2)21-12-5-6-17-10(3-4-13(17)19)15(12)16(14)20-8/h8-10,12,15H,3-7H2,1-2H3/t8-,9-,10+,12+,15-/m1/s1. The highest BCUT2D eigenvalue weighted by atomic mass is 16.5. The molecule has 0 radical (unpaired) electrons. The molecule has 0 spiro atoms. The quantitative estimate of drug-likeness (QED) is 0.677. The average Bonchev–Trinajstić information content (AvgIpc) is 2.79. The maximum atomic E-state index is 12.4. The van der Waals surface area contributed by atoms with Gasteiger partial charge in [0.25, 0.3) is 0 Å². The summed E-state index contributed by atoms with van der Waals surface area (Å²) in [5.74, 6) is 1.25. The van der Waals surface area contributed by atoms with Gasteiger partial charge in [-0.15, -0.1) is 0 Å². The summed E-state index contributed by atoms with van der Waals surface area (Å²) in [7, 11) is 0. The van der Waals surface area contributed by atoms with Crippen LogP contribution < -0.4 is 0 Å². The maximum absolute atomic E-state index is 12.4. The first-order valence-corrected chi connectivity index (χ1v) is 7.95. The van der Waals surface area contributed by atoms with Crippen LogP contribution in [0, 0.1) is 5.92 Å². The Morgan fingerprint density at radius 1 is 1.19 bits per heavy atom. The number of Topliss-reactive ketones (excluding diaryl/α,β-unsaturated/α-hetero) is 1. The summed E-state index contributed by atoms with van der Waals surface area (Å²) in [5.41, 5.74) is 0.718. The number of carbonyl (C=O) groups excluding carboxylic acids is 2. The second-order valence-corrected chi connectivity index (χ2v) is 6.66. The van der Waals surface area contributed by atoms with Crippen LogP contribution >= 0.6 is 0 Å². The van der Waals surface area contributed by atoms with E-state index in [9.17, 15) is 9.59 Å². The summed E-state index contributed by atoms with van der Waals surface area (Å²) in [5, 5.41) is 0. The number of piperidine rings is 1. The van der Waals surface area contributed by atoms with Gasteiger partial charge in [0.2, 0.25) is 5.91 Å². The minimum absolute atomic E-state index is 0.0445. The number of hydrogen-bond acceptors (Lipinski definition) is 4. The second-order valence-electron chi connectivity index (χ2n) is 6.66. The summed E-state index contributed by atoms with van der Waals surface area (Å²) in [6.45, 7) is 4.65. The Morgan fingerprint density at radius 2 is 2.00 bits per heavy atom. The molecule has 0 bridgehead atoms. The van der Waals surface area contributed by atoms with Crippen LogP contribution in [0.2, 0.25) is 0 Å². The molecule has 4 aliphatic heterocycles. The lowest BCUT2D eigenvalue weighted by Crippen LogP contribution is -2.55. The summed E-state index contributed by atoms with van der Waals surface area (Å²) >= 11 is 0. The first-order chi connectivity index (χ1) is 10.1. The van der Waals surface area contributed by atoms with E-state index in [4.69, 9.17) is 9.47 Å². The molecule has 4 aliphatic rings. The van der Waals surface area contributed by atoms with Gasteiger partial charge in [-0.3, -0.25) is 9.59 Å². The Morgan fingerprint density at radius 3 is 2.81 bits per heavy atom. The van der Waals surface area contributed by atoms with Gasteiger partial charge in [0.1, 0.15) is 11.9 Å². The Kier molecular flexibility index (Phi) is 2.89. The SMILES string of the molecule is C[C@@H]1CC(=O)C2=C(O1)[C@H]1[C@H](CCN3C(=O)CC[C@@H]13)O[C@@H]2C. The molecular formula is C16H21NO4. The lowest BCUT2D eigenvalue weighted by Gasteiger charge is -2.48. The molecule has 0 aromatic rings. The topological polar surface area (TPSA) is 55.8 Å². The lowest BCUT2D eigenvalue weighted by atomic mass is 9.78. The number of nitrogens with zero attached hydrogens (tertiary/aromatic N) is 1. The van der Waals surface area contributed by atoms with Crippen molar-refractivity contribution in [1.29, 1.82) is 0 Å². The van der Waals surface area contributed by atoms with E-state index in [1.54, 1.807) is 0 Å². The highest BCUT2D eigenvalue weighted by Crippen LogP contribution is 2.45. The van der Waals surface area contributed by atoms with E-state index in [1.807, 2.05) is 18.7 Å². The van der Waals surface area contributed by atoms with Crippen LogP contribution in [0.3, 0.4) is 0 Å². The lowest BCUT2D eigenvalue weighted by molar-refractivity contribution is -0.143. The van der Waals surface area contributed by atoms with Crippen molar-refractivity contribution in [3.05, 3.63) is 11.3 Å². The molecule has 4 heterocycles. The van der Waals surface area contributed by atoms with Crippen LogP contribution in [0.1, 0.15) is 39.5 Å². The van der Waals surface area contributed by atoms with Crippen molar-refractivity contribution in [3.63, 3.8) is 0 Å². The predicted octanol–water partition coefficient (Wildman–Crippen LogP) is 1.42. The molecule has 0 aromatic carbocycles. The number of ketones is 1. The van der Waals surface area contributed by atoms with Crippen molar-refractivity contribution in [1.82, 2.24) is 4.90 Å². The van der Waals surface area contributed by atoms with E-state index in [-0.39, 0.29) is 42.0 Å². The van der Waals surface area contributed by atoms with Crippen LogP contribution in [0.4, 0.5) is 0 Å². The van der Waals surface area contributed by atoms with Crippen LogP contribution in [0.5, 0.6) is 0 Å². The van der Waals surface area contributed by atoms with Gasteiger partial charge in [-0.05, 0) is 26.7 Å². The smallest absolute Gasteiger partial charge is 0.222 e. The molecule has 0 N–H and O–H groups in total. The second kappa shape index (κ2) is 4.57. The molecule has 21 heavy (non-hydrogen) atoms. The molecule has 0 aliphatic carbocycles. The fraction of sp³-hybridized carbons (Fsp3) is 0.750. The van der Waals surface area contributed by atoms with Gasteiger partial charge in [-0.2, -0.15) is 0 Å². The maximum Gasteiger partial charge on any atom is 0.222 e. The minimum atomic E-state index is -0.190. The largest absolute Gasteiger partial charge is 0.494 e. The van der Waals surface area contributed by atoms with E-state index < -0.39 is 0 Å². The Bertz CT molecular complexity index is 540. The minimum Gasteiger partial charge on any atom is -0.494 e. The van der Waals surface area contributed by atoms with Gasteiger partial charge in [-0.1, -0.05) is 0 Å². The highest BCUT2D eigenvalue weighted by molar-refractivity contribution is 5.98. The number of fused-ring (bicyclic) bond motifs is 4. The number of rotatable bonds is 0. The zero-order valence-corrected chi connectivity index (χ0v) is 12.5. The summed E-state index contributed by atoms with van der Waals surface area (Å²) in [6.07, 6.45) is 2.52. The number of hydrogen-bond donors (Lipinski definition) is 0. The van der Waals surface area contributed by atoms with Crippen LogP contribution in [-0.2, 0) is 19.1 Å². The predicted molar refractivity (Wildman–Crippen MR) is 74.4 cm³/mol. The van der Waals surface area contributed by atoms with Crippen LogP contribution in [0.15, 0.2) is 11.3 Å². The third kappa shape index (κ3) is 1.86. The zero-order valence-electron chi connectivity index (χ0n) is 12.5. The van der Waals surface area contributed by atoms with Gasteiger partial charge >= 0.3 is 0 Å². The summed E-state index contributed by atoms with van der Waals surface area (Å²) in [4.78, 5) is 26.3. The summed E-state index contributed by atoms with van der Waals surface area (Å²) < 4.78 is 12.2. The Labute approximate surface area is 124 Å². The van der Waals surface area contributed by atoms with E-state index in [0.29, 0.717) is 12.8 Å². The van der Waals surface area contributed by atoms with Gasteiger partial charge in [0.05, 0.1) is 23.7 Å². The molecule has 4 rings (SSSR count). The fourth-order valence-electron chi connectivity index (χ4n) is 4.46. The first kappa shape index (κ1) is 13.3. The molecule has 0 saturated carbocycles. The Balaban J connectivity index is 1.77. The van der Waals surface area contributed by atoms with Gasteiger partial charge in [0.15, 0.2) is 5.78 Å². The first-order valence-electron chi connectivity index (χ1n) is 7.95. The van der Waals surface area contributed by atoms with Gasteiger partial charge < -0.3 is 14.4 Å². The van der Waals surface area contributed by atoms with Gasteiger partial charge in [-0.25, -0.2) is 0 Å². The fourth-order valence-corrected chi connectivity index (χ4v) is 4.46. The molecule has 1 amide bonds. The van der Waals surface area contributed by atoms with Crippen LogP contribution in [-0.4, -0.2) is 47.5 Å². The molecule has 5 heteroatoms. The van der Waals surface area contributed by atoms with Crippen molar-refractivity contribution in [2.75, 3.05) is 6.54 Å². The molecule has 2 saturated heterocycles. The van der Waals surface area contributed by atoms with E-state index in [2.05, 4.69) is 0 Å². The van der Waals surface area contributed by atoms with Crippen LogP contribution in [0.25, 0.3) is 0 Å². The van der Waals surface area contributed by atoms with Crippen molar-refractivity contribution in [3.8, 4) is 0 Å². The molecule has 5 atom stereocenters. The summed E-state index contributed by atoms with van der Waals surface area (Å²) in [6, 6.07) is 0.145. The Hall–Kier alpha value is -1.36. The van der Waals surface area contributed by atoms with Crippen molar-refractivity contribution in [2.24, 2.45) is 5.92 Å². The third-order valence-corrected chi connectivity index (χ3v) is 5.30. The van der Waals surface area contributed by atoms with Crippen molar-refractivity contribution in [2.45, 2.75) is 63.9 Å². The highest BCUT2D eigenvalue weighted by Gasteiger charge is 2.52. The van der Waals surface area contributed by atoms with Crippen molar-refractivity contribution >= 4 is 11.7 Å². The third-order valence-electron chi connectivity index (χ3n) is 5.30. The molecule has 0 unspecified atom stereocenters. The van der Waals surface area contributed by atoms with E-state index in [0.717, 1.165) is 30.7 Å².